The molecule has 1 unspecified atom stereocenters. The molecule has 0 amide bonds. The third-order valence-electron chi connectivity index (χ3n) is 4.41. The van der Waals surface area contributed by atoms with Gasteiger partial charge in [-0.2, -0.15) is 0 Å². The van der Waals surface area contributed by atoms with Gasteiger partial charge in [0.1, 0.15) is 0 Å². The van der Waals surface area contributed by atoms with Crippen molar-refractivity contribution in [2.24, 2.45) is 11.1 Å². The molecule has 5 heteroatoms. The van der Waals surface area contributed by atoms with Gasteiger partial charge in [0.25, 0.3) is 0 Å². The quantitative estimate of drug-likeness (QED) is 0.804. The predicted molar refractivity (Wildman–Crippen MR) is 105 cm³/mol. The van der Waals surface area contributed by atoms with E-state index >= 15 is 0 Å². The van der Waals surface area contributed by atoms with Crippen LogP contribution in [-0.2, 0) is 16.6 Å². The summed E-state index contributed by atoms with van der Waals surface area (Å²) in [6.45, 7) is 10.7. The minimum atomic E-state index is -3.76. The topological polar surface area (TPSA) is 65.1 Å². The van der Waals surface area contributed by atoms with Crippen LogP contribution in [0, 0.1) is 5.92 Å². The predicted octanol–water partition coefficient (Wildman–Crippen LogP) is 4.25. The third kappa shape index (κ3) is 4.30. The average molecular weight is 359 g/mol. The fraction of sp³-hybridized carbons (Fsp3) is 0.300. The molecule has 2 aromatic rings. The van der Waals surface area contributed by atoms with E-state index in [1.807, 2.05) is 49.5 Å². The van der Waals surface area contributed by atoms with Crippen molar-refractivity contribution >= 4 is 22.2 Å². The maximum absolute atomic E-state index is 12.0. The summed E-state index contributed by atoms with van der Waals surface area (Å²) in [6.07, 6.45) is 7.87. The minimum absolute atomic E-state index is 0.0172. The van der Waals surface area contributed by atoms with Crippen molar-refractivity contribution in [3.8, 4) is 0 Å². The number of nitrogens with zero attached hydrogens (tertiary/aromatic N) is 1. The summed E-state index contributed by atoms with van der Waals surface area (Å²) in [4.78, 5) is 0.206. The van der Waals surface area contributed by atoms with E-state index < -0.39 is 10.0 Å². The number of benzene rings is 1. The summed E-state index contributed by atoms with van der Waals surface area (Å²) in [7, 11) is -3.76. The van der Waals surface area contributed by atoms with Crippen molar-refractivity contribution in [2.45, 2.75) is 38.1 Å². The summed E-state index contributed by atoms with van der Waals surface area (Å²) in [6, 6.07) is 9.02. The Balaban J connectivity index is 2.53. The molecule has 0 aliphatic carbocycles. The van der Waals surface area contributed by atoms with E-state index in [-0.39, 0.29) is 16.7 Å². The van der Waals surface area contributed by atoms with Gasteiger partial charge in [0.15, 0.2) is 0 Å². The fourth-order valence-corrected chi connectivity index (χ4v) is 3.93. The smallest absolute Gasteiger partial charge is 0.238 e. The number of sulfonamides is 1. The van der Waals surface area contributed by atoms with E-state index in [4.69, 9.17) is 5.14 Å². The monoisotopic (exact) mass is 358 g/mol. The first-order chi connectivity index (χ1) is 11.8. The molecular weight excluding hydrogens is 332 g/mol. The summed E-state index contributed by atoms with van der Waals surface area (Å²) >= 11 is 0. The van der Waals surface area contributed by atoms with Crippen LogP contribution in [0.25, 0.3) is 12.2 Å². The van der Waals surface area contributed by atoms with Gasteiger partial charge in [0.2, 0.25) is 10.0 Å². The lowest BCUT2D eigenvalue weighted by atomic mass is 9.88. The number of nitrogens with two attached hydrogens (primary N) is 1. The molecular formula is C20H26N2O2S. The number of aromatic nitrogens is 1. The lowest BCUT2D eigenvalue weighted by Crippen LogP contribution is -2.21. The van der Waals surface area contributed by atoms with Crippen LogP contribution in [0.5, 0.6) is 0 Å². The summed E-state index contributed by atoms with van der Waals surface area (Å²) in [5, 5.41) is 5.43. The van der Waals surface area contributed by atoms with Crippen molar-refractivity contribution in [1.29, 1.82) is 0 Å². The van der Waals surface area contributed by atoms with Gasteiger partial charge < -0.3 is 4.57 Å². The normalized spacial score (nSPS) is 13.5. The number of primary sulfonamides is 1. The van der Waals surface area contributed by atoms with Gasteiger partial charge >= 0.3 is 0 Å². The Bertz CT molecular complexity index is 877. The Morgan fingerprint density at radius 2 is 1.92 bits per heavy atom. The molecule has 1 heterocycles. The van der Waals surface area contributed by atoms with Gasteiger partial charge in [0.05, 0.1) is 4.90 Å². The van der Waals surface area contributed by atoms with Gasteiger partial charge in [-0.05, 0) is 42.2 Å². The van der Waals surface area contributed by atoms with Gasteiger partial charge in [-0.25, -0.2) is 13.6 Å². The number of allylic oxidation sites excluding steroid dienone is 1. The molecule has 25 heavy (non-hydrogen) atoms. The molecule has 0 bridgehead atoms. The highest BCUT2D eigenvalue weighted by Crippen LogP contribution is 2.32. The largest absolute Gasteiger partial charge is 0.347 e. The highest BCUT2D eigenvalue weighted by molar-refractivity contribution is 7.89. The van der Waals surface area contributed by atoms with E-state index in [1.165, 1.54) is 0 Å². The molecule has 1 atom stereocenters. The Morgan fingerprint density at radius 1 is 1.24 bits per heavy atom. The van der Waals surface area contributed by atoms with Crippen LogP contribution < -0.4 is 5.14 Å². The van der Waals surface area contributed by atoms with Crippen LogP contribution in [0.1, 0.15) is 43.5 Å². The van der Waals surface area contributed by atoms with Crippen molar-refractivity contribution in [1.82, 2.24) is 4.57 Å². The Hall–Kier alpha value is -2.11. The Morgan fingerprint density at radius 3 is 2.48 bits per heavy atom. The molecule has 0 radical (unpaired) electrons. The van der Waals surface area contributed by atoms with E-state index in [9.17, 15) is 8.42 Å². The number of hydrogen-bond acceptors (Lipinski definition) is 2. The van der Waals surface area contributed by atoms with E-state index in [0.717, 1.165) is 16.8 Å². The van der Waals surface area contributed by atoms with Gasteiger partial charge in [0, 0.05) is 24.4 Å². The average Bonchev–Trinajstić information content (AvgIpc) is 2.93. The molecule has 2 rings (SSSR count). The van der Waals surface area contributed by atoms with E-state index in [2.05, 4.69) is 25.0 Å². The van der Waals surface area contributed by atoms with Gasteiger partial charge in [-0.15, -0.1) is 0 Å². The second-order valence-corrected chi connectivity index (χ2v) is 7.98. The molecule has 2 N–H and O–H groups in total. The highest BCUT2D eigenvalue weighted by Gasteiger charge is 2.24. The lowest BCUT2D eigenvalue weighted by Gasteiger charge is -2.25. The lowest BCUT2D eigenvalue weighted by molar-refractivity contribution is 0.429. The zero-order valence-corrected chi connectivity index (χ0v) is 15.8. The van der Waals surface area contributed by atoms with E-state index in [1.54, 1.807) is 12.1 Å². The number of hydrogen-bond donors (Lipinski definition) is 1. The second-order valence-electron chi connectivity index (χ2n) is 6.45. The highest BCUT2D eigenvalue weighted by atomic mass is 32.2. The van der Waals surface area contributed by atoms with Crippen LogP contribution in [0.4, 0.5) is 0 Å². The molecule has 134 valence electrons. The molecule has 1 aromatic carbocycles. The van der Waals surface area contributed by atoms with Crippen molar-refractivity contribution in [3.63, 3.8) is 0 Å². The molecule has 0 saturated carbocycles. The number of rotatable bonds is 7. The molecule has 4 nitrogen and oxygen atoms in total. The first-order valence-corrected chi connectivity index (χ1v) is 9.90. The summed E-state index contributed by atoms with van der Waals surface area (Å²) in [5.41, 5.74) is 2.89. The second kappa shape index (κ2) is 7.85. The minimum Gasteiger partial charge on any atom is -0.347 e. The molecule has 0 saturated heterocycles. The first-order valence-electron chi connectivity index (χ1n) is 8.35. The zero-order valence-electron chi connectivity index (χ0n) is 15.0. The molecule has 0 aliphatic rings. The van der Waals surface area contributed by atoms with Crippen LogP contribution >= 0.6 is 0 Å². The van der Waals surface area contributed by atoms with Crippen LogP contribution in [0.2, 0.25) is 0 Å². The summed E-state index contributed by atoms with van der Waals surface area (Å²) < 4.78 is 26.1. The Labute approximate surface area is 150 Å². The zero-order chi connectivity index (χ0) is 18.6. The standard InChI is InChI=1S/C20H26N2O2S/c1-5-9-19-16(6-2)12-13-22(19)14-18(15(3)4)17-10-7-8-11-20(17)25(21,23)24/h5-13,15,18H,2,14H2,1,3-4H3,(H2,21,23,24)/b9-5-. The third-order valence-corrected chi connectivity index (χ3v) is 5.39. The maximum Gasteiger partial charge on any atom is 0.238 e. The van der Waals surface area contributed by atoms with E-state index in [0.29, 0.717) is 6.54 Å². The first kappa shape index (κ1) is 19.2. The molecule has 1 aromatic heterocycles. The maximum atomic E-state index is 12.0. The van der Waals surface area contributed by atoms with Crippen LogP contribution in [0.15, 0.2) is 54.1 Å². The SMILES string of the molecule is C=Cc1ccn(CC(c2ccccc2S(N)(=O)=O)C(C)C)c1/C=C\C. The van der Waals surface area contributed by atoms with Crippen molar-refractivity contribution in [2.75, 3.05) is 0 Å². The fourth-order valence-electron chi connectivity index (χ4n) is 3.11. The van der Waals surface area contributed by atoms with Crippen molar-refractivity contribution in [3.05, 3.63) is 66.0 Å². The summed E-state index contributed by atoms with van der Waals surface area (Å²) in [5.74, 6) is 0.263. The van der Waals surface area contributed by atoms with Crippen LogP contribution in [-0.4, -0.2) is 13.0 Å². The van der Waals surface area contributed by atoms with Gasteiger partial charge in [-0.1, -0.05) is 50.8 Å². The van der Waals surface area contributed by atoms with Gasteiger partial charge in [-0.3, -0.25) is 0 Å². The molecule has 0 aliphatic heterocycles. The molecule has 0 fully saturated rings. The Kier molecular flexibility index (Phi) is 6.03. The molecule has 0 spiro atoms. The van der Waals surface area contributed by atoms with Crippen LogP contribution in [0.3, 0.4) is 0 Å². The van der Waals surface area contributed by atoms with Crippen molar-refractivity contribution < 1.29 is 8.42 Å².